The van der Waals surface area contributed by atoms with E-state index in [1.54, 1.807) is 13.2 Å². The molecule has 0 unspecified atom stereocenters. The fourth-order valence-electron chi connectivity index (χ4n) is 1.37. The summed E-state index contributed by atoms with van der Waals surface area (Å²) in [5, 5.41) is 8.84. The van der Waals surface area contributed by atoms with Crippen molar-refractivity contribution in [3.05, 3.63) is 41.8 Å². The molecule has 0 atom stereocenters. The van der Waals surface area contributed by atoms with Gasteiger partial charge < -0.3 is 19.0 Å². The molecule has 2 aromatic rings. The van der Waals surface area contributed by atoms with Crippen LogP contribution in [0.2, 0.25) is 0 Å². The van der Waals surface area contributed by atoms with Crippen LogP contribution in [0.4, 0.5) is 0 Å². The number of nitrogens with zero attached hydrogens (tertiary/aromatic N) is 1. The minimum Gasteiger partial charge on any atom is -0.417 e. The third-order valence-corrected chi connectivity index (χ3v) is 2.11. The Labute approximate surface area is 98.6 Å². The Morgan fingerprint density at radius 2 is 2.29 bits per heavy atom. The molecule has 5 nitrogen and oxygen atoms in total. The summed E-state index contributed by atoms with van der Waals surface area (Å²) in [7, 11) is 1.63. The number of hydrogen-bond donors (Lipinski definition) is 1. The van der Waals surface area contributed by atoms with Crippen LogP contribution >= 0.6 is 0 Å². The van der Waals surface area contributed by atoms with E-state index in [0.717, 1.165) is 5.56 Å². The zero-order valence-corrected chi connectivity index (χ0v) is 9.42. The zero-order chi connectivity index (χ0) is 12.1. The average molecular weight is 235 g/mol. The third kappa shape index (κ3) is 3.05. The molecule has 0 aliphatic heterocycles. The number of aliphatic hydroxyl groups excluding tert-OH is 1. The highest BCUT2D eigenvalue weighted by Gasteiger charge is 2.05. The van der Waals surface area contributed by atoms with Crippen molar-refractivity contribution in [2.45, 2.75) is 13.2 Å². The Bertz CT molecular complexity index is 481. The van der Waals surface area contributed by atoms with E-state index in [4.69, 9.17) is 19.0 Å². The molecule has 2 rings (SSSR count). The van der Waals surface area contributed by atoms with Gasteiger partial charge in [0.2, 0.25) is 0 Å². The highest BCUT2D eigenvalue weighted by atomic mass is 16.6. The van der Waals surface area contributed by atoms with Gasteiger partial charge in [-0.1, -0.05) is 12.1 Å². The van der Waals surface area contributed by atoms with Gasteiger partial charge in [-0.3, -0.25) is 0 Å². The summed E-state index contributed by atoms with van der Waals surface area (Å²) in [4.78, 5) is 3.93. The first-order chi connectivity index (χ1) is 8.31. The third-order valence-electron chi connectivity index (χ3n) is 2.11. The molecule has 0 saturated carbocycles. The monoisotopic (exact) mass is 235 g/mol. The maximum atomic E-state index is 8.84. The average Bonchev–Trinajstić information content (AvgIpc) is 2.78. The molecular formula is C12H13NO4. The Kier molecular flexibility index (Phi) is 3.74. The SMILES string of the molecule is COCc1cccc(Oc2nc(CO)co2)c1. The summed E-state index contributed by atoms with van der Waals surface area (Å²) >= 11 is 0. The highest BCUT2D eigenvalue weighted by molar-refractivity contribution is 5.29. The van der Waals surface area contributed by atoms with Crippen LogP contribution in [0.5, 0.6) is 11.8 Å². The van der Waals surface area contributed by atoms with Crippen LogP contribution in [0.3, 0.4) is 0 Å². The number of methoxy groups -OCH3 is 1. The van der Waals surface area contributed by atoms with Crippen molar-refractivity contribution in [3.63, 3.8) is 0 Å². The first-order valence-corrected chi connectivity index (χ1v) is 5.13. The van der Waals surface area contributed by atoms with Crippen LogP contribution in [0, 0.1) is 0 Å². The summed E-state index contributed by atoms with van der Waals surface area (Å²) in [5.41, 5.74) is 1.44. The van der Waals surface area contributed by atoms with E-state index in [1.807, 2.05) is 18.2 Å². The van der Waals surface area contributed by atoms with E-state index in [0.29, 0.717) is 18.1 Å². The molecule has 0 amide bonds. The Morgan fingerprint density at radius 1 is 1.41 bits per heavy atom. The second-order valence-corrected chi connectivity index (χ2v) is 3.45. The molecule has 1 aromatic carbocycles. The van der Waals surface area contributed by atoms with Crippen molar-refractivity contribution in [3.8, 4) is 11.8 Å². The number of aliphatic hydroxyl groups is 1. The van der Waals surface area contributed by atoms with Crippen LogP contribution in [0.1, 0.15) is 11.3 Å². The molecule has 5 heteroatoms. The number of ether oxygens (including phenoxy) is 2. The predicted octanol–water partition coefficient (Wildman–Crippen LogP) is 2.11. The molecule has 17 heavy (non-hydrogen) atoms. The van der Waals surface area contributed by atoms with E-state index in [-0.39, 0.29) is 12.7 Å². The minimum absolute atomic E-state index is 0.114. The smallest absolute Gasteiger partial charge is 0.399 e. The number of aromatic nitrogens is 1. The molecule has 0 bridgehead atoms. The van der Waals surface area contributed by atoms with Gasteiger partial charge in [0.1, 0.15) is 17.7 Å². The van der Waals surface area contributed by atoms with Crippen LogP contribution < -0.4 is 4.74 Å². The van der Waals surface area contributed by atoms with Crippen molar-refractivity contribution in [1.82, 2.24) is 4.98 Å². The molecule has 1 aromatic heterocycles. The van der Waals surface area contributed by atoms with E-state index >= 15 is 0 Å². The molecule has 90 valence electrons. The number of oxazole rings is 1. The lowest BCUT2D eigenvalue weighted by Crippen LogP contribution is -1.90. The Morgan fingerprint density at radius 3 is 3.00 bits per heavy atom. The zero-order valence-electron chi connectivity index (χ0n) is 9.42. The van der Waals surface area contributed by atoms with Gasteiger partial charge in [0.15, 0.2) is 0 Å². The van der Waals surface area contributed by atoms with Gasteiger partial charge in [-0.05, 0) is 17.7 Å². The van der Waals surface area contributed by atoms with Crippen molar-refractivity contribution < 1.29 is 19.0 Å². The van der Waals surface area contributed by atoms with E-state index in [2.05, 4.69) is 4.98 Å². The Balaban J connectivity index is 2.09. The number of rotatable bonds is 5. The quantitative estimate of drug-likeness (QED) is 0.859. The fraction of sp³-hybridized carbons (Fsp3) is 0.250. The molecule has 0 radical (unpaired) electrons. The summed E-state index contributed by atoms with van der Waals surface area (Å²) in [6.45, 7) is 0.348. The first-order valence-electron chi connectivity index (χ1n) is 5.13. The standard InChI is InChI=1S/C12H13NO4/c1-15-7-9-3-2-4-11(5-9)17-12-13-10(6-14)8-16-12/h2-5,8,14H,6-7H2,1H3. The molecule has 0 spiro atoms. The van der Waals surface area contributed by atoms with E-state index < -0.39 is 0 Å². The van der Waals surface area contributed by atoms with Gasteiger partial charge in [0.05, 0.1) is 13.2 Å². The number of benzene rings is 1. The van der Waals surface area contributed by atoms with Crippen LogP contribution in [0.15, 0.2) is 34.9 Å². The maximum Gasteiger partial charge on any atom is 0.399 e. The largest absolute Gasteiger partial charge is 0.417 e. The molecule has 1 N–H and O–H groups in total. The fourth-order valence-corrected chi connectivity index (χ4v) is 1.37. The van der Waals surface area contributed by atoms with Crippen molar-refractivity contribution in [2.75, 3.05) is 7.11 Å². The summed E-state index contributed by atoms with van der Waals surface area (Å²) < 4.78 is 15.5. The van der Waals surface area contributed by atoms with Gasteiger partial charge in [-0.25, -0.2) is 0 Å². The van der Waals surface area contributed by atoms with Gasteiger partial charge in [0, 0.05) is 7.11 Å². The lowest BCUT2D eigenvalue weighted by Gasteiger charge is -2.03. The lowest BCUT2D eigenvalue weighted by atomic mass is 10.2. The predicted molar refractivity (Wildman–Crippen MR) is 59.7 cm³/mol. The number of hydrogen-bond acceptors (Lipinski definition) is 5. The van der Waals surface area contributed by atoms with Crippen molar-refractivity contribution >= 4 is 0 Å². The molecule has 0 fully saturated rings. The molecule has 0 aliphatic carbocycles. The normalized spacial score (nSPS) is 10.5. The lowest BCUT2D eigenvalue weighted by molar-refractivity contribution is 0.184. The maximum absolute atomic E-state index is 8.84. The van der Waals surface area contributed by atoms with Gasteiger partial charge in [0.25, 0.3) is 0 Å². The van der Waals surface area contributed by atoms with Crippen LogP contribution in [0.25, 0.3) is 0 Å². The Hall–Kier alpha value is -1.85. The van der Waals surface area contributed by atoms with Crippen LogP contribution in [-0.2, 0) is 18.0 Å². The van der Waals surface area contributed by atoms with Gasteiger partial charge in [-0.2, -0.15) is 4.98 Å². The summed E-state index contributed by atoms with van der Waals surface area (Å²) in [5.74, 6) is 0.617. The van der Waals surface area contributed by atoms with Crippen molar-refractivity contribution in [1.29, 1.82) is 0 Å². The molecular weight excluding hydrogens is 222 g/mol. The first kappa shape index (κ1) is 11.6. The highest BCUT2D eigenvalue weighted by Crippen LogP contribution is 2.21. The van der Waals surface area contributed by atoms with Crippen LogP contribution in [-0.4, -0.2) is 17.2 Å². The molecule has 0 aliphatic rings. The van der Waals surface area contributed by atoms with Crippen molar-refractivity contribution in [2.24, 2.45) is 0 Å². The van der Waals surface area contributed by atoms with E-state index in [9.17, 15) is 0 Å². The summed E-state index contributed by atoms with van der Waals surface area (Å²) in [6, 6.07) is 7.43. The topological polar surface area (TPSA) is 64.7 Å². The minimum atomic E-state index is -0.170. The molecule has 0 saturated heterocycles. The van der Waals surface area contributed by atoms with Gasteiger partial charge in [-0.15, -0.1) is 0 Å². The summed E-state index contributed by atoms with van der Waals surface area (Å²) in [6.07, 6.45) is 1.47. The second-order valence-electron chi connectivity index (χ2n) is 3.45. The second kappa shape index (κ2) is 5.47. The van der Waals surface area contributed by atoms with E-state index in [1.165, 1.54) is 6.26 Å². The molecule has 1 heterocycles. The van der Waals surface area contributed by atoms with Gasteiger partial charge >= 0.3 is 6.08 Å².